The number of thioether (sulfide) groups is 1. The van der Waals surface area contributed by atoms with Gasteiger partial charge in [-0.2, -0.15) is 5.10 Å². The number of rotatable bonds is 3. The maximum Gasteiger partial charge on any atom is 0.138 e. The Hall–Kier alpha value is -2.04. The van der Waals surface area contributed by atoms with Crippen LogP contribution in [0.2, 0.25) is 0 Å². The minimum Gasteiger partial charge on any atom is -0.246 e. The smallest absolute Gasteiger partial charge is 0.138 e. The largest absolute Gasteiger partial charge is 0.246 e. The predicted octanol–water partition coefficient (Wildman–Crippen LogP) is 5.36. The number of benzene rings is 2. The van der Waals surface area contributed by atoms with E-state index in [4.69, 9.17) is 5.10 Å². The summed E-state index contributed by atoms with van der Waals surface area (Å²) in [5.41, 5.74) is 2.30. The van der Waals surface area contributed by atoms with E-state index in [2.05, 4.69) is 71.1 Å². The van der Waals surface area contributed by atoms with Gasteiger partial charge in [0.2, 0.25) is 0 Å². The summed E-state index contributed by atoms with van der Waals surface area (Å²) in [5.74, 6) is 0. The minimum atomic E-state index is 0.206. The third-order valence-corrected chi connectivity index (χ3v) is 5.76. The number of hydrazone groups is 1. The van der Waals surface area contributed by atoms with Gasteiger partial charge >= 0.3 is 0 Å². The van der Waals surface area contributed by atoms with Crippen LogP contribution in [0.15, 0.2) is 83.3 Å². The number of hydrogen-bond donors (Lipinski definition) is 0. The van der Waals surface area contributed by atoms with Crippen molar-refractivity contribution >= 4 is 33.8 Å². The fraction of sp³-hybridized carbons (Fsp3) is 0.0556. The van der Waals surface area contributed by atoms with Crippen LogP contribution in [0.4, 0.5) is 5.69 Å². The van der Waals surface area contributed by atoms with Gasteiger partial charge in [0.15, 0.2) is 0 Å². The maximum absolute atomic E-state index is 4.89. The molecule has 1 aliphatic heterocycles. The number of thiophene rings is 1. The van der Waals surface area contributed by atoms with Crippen LogP contribution in [-0.2, 0) is 0 Å². The number of hydrogen-bond acceptors (Lipinski definition) is 4. The molecule has 0 fully saturated rings. The van der Waals surface area contributed by atoms with Gasteiger partial charge in [0, 0.05) is 10.4 Å². The molecule has 0 amide bonds. The second-order valence-electron chi connectivity index (χ2n) is 4.94. The molecule has 2 nitrogen and oxygen atoms in total. The Bertz CT molecular complexity index is 767. The predicted molar refractivity (Wildman–Crippen MR) is 96.6 cm³/mol. The summed E-state index contributed by atoms with van der Waals surface area (Å²) in [7, 11) is 0. The molecular weight excluding hydrogens is 308 g/mol. The van der Waals surface area contributed by atoms with Crippen LogP contribution in [0.3, 0.4) is 0 Å². The third-order valence-electron chi connectivity index (χ3n) is 3.47. The molecule has 1 aliphatic rings. The van der Waals surface area contributed by atoms with Gasteiger partial charge in [-0.05, 0) is 23.6 Å². The standard InChI is InChI=1S/C18H14N2S2/c1-3-8-14(9-4-1)17-19-20(15-10-5-2-6-11-15)18(22-17)16-12-7-13-21-16/h1-13,18H. The highest BCUT2D eigenvalue weighted by molar-refractivity contribution is 8.15. The first-order chi connectivity index (χ1) is 10.9. The summed E-state index contributed by atoms with van der Waals surface area (Å²) >= 11 is 3.59. The van der Waals surface area contributed by atoms with Crippen molar-refractivity contribution in [3.05, 3.63) is 88.6 Å². The summed E-state index contributed by atoms with van der Waals surface area (Å²) < 4.78 is 0. The topological polar surface area (TPSA) is 15.6 Å². The first-order valence-electron chi connectivity index (χ1n) is 7.10. The van der Waals surface area contributed by atoms with Gasteiger partial charge in [0.1, 0.15) is 10.4 Å². The molecule has 0 spiro atoms. The van der Waals surface area contributed by atoms with E-state index in [9.17, 15) is 0 Å². The van der Waals surface area contributed by atoms with Crippen molar-refractivity contribution in [1.29, 1.82) is 0 Å². The van der Waals surface area contributed by atoms with Gasteiger partial charge in [-0.15, -0.1) is 11.3 Å². The molecule has 1 atom stereocenters. The molecule has 108 valence electrons. The Balaban J connectivity index is 1.75. The molecule has 0 saturated carbocycles. The van der Waals surface area contributed by atoms with Gasteiger partial charge in [0.25, 0.3) is 0 Å². The zero-order valence-electron chi connectivity index (χ0n) is 11.8. The summed E-state index contributed by atoms with van der Waals surface area (Å²) in [6.45, 7) is 0. The zero-order valence-corrected chi connectivity index (χ0v) is 13.4. The van der Waals surface area contributed by atoms with Gasteiger partial charge in [-0.3, -0.25) is 0 Å². The average molecular weight is 322 g/mol. The second kappa shape index (κ2) is 5.99. The fourth-order valence-electron chi connectivity index (χ4n) is 2.42. The molecule has 22 heavy (non-hydrogen) atoms. The molecule has 0 bridgehead atoms. The summed E-state index contributed by atoms with van der Waals surface area (Å²) in [6, 6.07) is 25.0. The molecule has 2 heterocycles. The van der Waals surface area contributed by atoms with Crippen LogP contribution in [0.25, 0.3) is 0 Å². The van der Waals surface area contributed by atoms with Crippen LogP contribution in [0.1, 0.15) is 15.8 Å². The Morgan fingerprint density at radius 2 is 1.55 bits per heavy atom. The Morgan fingerprint density at radius 1 is 0.818 bits per heavy atom. The molecular formula is C18H14N2S2. The van der Waals surface area contributed by atoms with Crippen LogP contribution >= 0.6 is 23.1 Å². The van der Waals surface area contributed by atoms with Crippen molar-refractivity contribution in [2.45, 2.75) is 5.37 Å². The van der Waals surface area contributed by atoms with Crippen LogP contribution in [0, 0.1) is 0 Å². The Kier molecular flexibility index (Phi) is 3.70. The van der Waals surface area contributed by atoms with Gasteiger partial charge in [-0.25, -0.2) is 5.01 Å². The van der Waals surface area contributed by atoms with E-state index in [1.807, 2.05) is 23.9 Å². The van der Waals surface area contributed by atoms with E-state index in [0.29, 0.717) is 0 Å². The maximum atomic E-state index is 4.89. The molecule has 0 radical (unpaired) electrons. The summed E-state index contributed by atoms with van der Waals surface area (Å²) in [4.78, 5) is 1.32. The van der Waals surface area contributed by atoms with Gasteiger partial charge in [0.05, 0.1) is 5.69 Å². The monoisotopic (exact) mass is 322 g/mol. The van der Waals surface area contributed by atoms with Gasteiger partial charge in [-0.1, -0.05) is 66.4 Å². The number of nitrogens with zero attached hydrogens (tertiary/aromatic N) is 2. The SMILES string of the molecule is c1ccc(C2=NN(c3ccccc3)C(c3cccs3)S2)cc1. The van der Waals surface area contributed by atoms with Crippen molar-refractivity contribution in [2.24, 2.45) is 5.10 Å². The van der Waals surface area contributed by atoms with Crippen LogP contribution < -0.4 is 5.01 Å². The highest BCUT2D eigenvalue weighted by Crippen LogP contribution is 2.45. The molecule has 0 N–H and O–H groups in total. The van der Waals surface area contributed by atoms with E-state index in [-0.39, 0.29) is 5.37 Å². The zero-order chi connectivity index (χ0) is 14.8. The van der Waals surface area contributed by atoms with E-state index in [1.165, 1.54) is 10.4 Å². The van der Waals surface area contributed by atoms with E-state index < -0.39 is 0 Å². The summed E-state index contributed by atoms with van der Waals surface area (Å²) in [5, 5.41) is 10.4. The third kappa shape index (κ3) is 2.56. The lowest BCUT2D eigenvalue weighted by Gasteiger charge is -2.21. The van der Waals surface area contributed by atoms with Crippen molar-refractivity contribution in [1.82, 2.24) is 0 Å². The number of anilines is 1. The second-order valence-corrected chi connectivity index (χ2v) is 6.99. The van der Waals surface area contributed by atoms with Crippen molar-refractivity contribution < 1.29 is 0 Å². The van der Waals surface area contributed by atoms with E-state index in [1.54, 1.807) is 11.3 Å². The lowest BCUT2D eigenvalue weighted by atomic mass is 10.2. The van der Waals surface area contributed by atoms with Crippen molar-refractivity contribution in [3.8, 4) is 0 Å². The number of para-hydroxylation sites is 1. The van der Waals surface area contributed by atoms with Crippen molar-refractivity contribution in [2.75, 3.05) is 5.01 Å². The normalized spacial score (nSPS) is 17.5. The molecule has 0 saturated heterocycles. The molecule has 1 unspecified atom stereocenters. The molecule has 0 aliphatic carbocycles. The lowest BCUT2D eigenvalue weighted by Crippen LogP contribution is -2.15. The Labute approximate surface area is 138 Å². The first kappa shape index (κ1) is 13.6. The highest BCUT2D eigenvalue weighted by atomic mass is 32.2. The first-order valence-corrected chi connectivity index (χ1v) is 8.86. The molecule has 4 heteroatoms. The summed E-state index contributed by atoms with van der Waals surface area (Å²) in [6.07, 6.45) is 0. The lowest BCUT2D eigenvalue weighted by molar-refractivity contribution is 0.866. The quantitative estimate of drug-likeness (QED) is 0.645. The van der Waals surface area contributed by atoms with Crippen LogP contribution in [-0.4, -0.2) is 5.04 Å². The van der Waals surface area contributed by atoms with E-state index >= 15 is 0 Å². The fourth-order valence-corrected chi connectivity index (χ4v) is 4.50. The minimum absolute atomic E-state index is 0.206. The molecule has 2 aromatic carbocycles. The highest BCUT2D eigenvalue weighted by Gasteiger charge is 2.31. The molecule has 4 rings (SSSR count). The van der Waals surface area contributed by atoms with Gasteiger partial charge < -0.3 is 0 Å². The molecule has 3 aromatic rings. The van der Waals surface area contributed by atoms with Crippen molar-refractivity contribution in [3.63, 3.8) is 0 Å². The van der Waals surface area contributed by atoms with Crippen LogP contribution in [0.5, 0.6) is 0 Å². The van der Waals surface area contributed by atoms with E-state index in [0.717, 1.165) is 10.7 Å². The molecule has 1 aromatic heterocycles. The average Bonchev–Trinajstić information content (AvgIpc) is 3.26. The Morgan fingerprint density at radius 3 is 2.23 bits per heavy atom.